The highest BCUT2D eigenvalue weighted by atomic mass is 19.1. The molecule has 0 bridgehead atoms. The zero-order chi connectivity index (χ0) is 29.4. The number of anilines is 1. The molecule has 1 saturated carbocycles. The fourth-order valence-corrected chi connectivity index (χ4v) is 6.39. The lowest BCUT2D eigenvalue weighted by molar-refractivity contribution is 0.101. The molecule has 10 heteroatoms. The van der Waals surface area contributed by atoms with E-state index < -0.39 is 11.7 Å². The second kappa shape index (κ2) is 11.8. The Bertz CT molecular complexity index is 1610. The lowest BCUT2D eigenvalue weighted by atomic mass is 9.89. The second-order valence-corrected chi connectivity index (χ2v) is 11.6. The minimum Gasteiger partial charge on any atom is -0.496 e. The molecule has 1 aliphatic carbocycles. The molecule has 3 aromatic heterocycles. The van der Waals surface area contributed by atoms with Crippen LogP contribution in [0.5, 0.6) is 5.75 Å². The number of pyridine rings is 2. The molecule has 2 N–H and O–H groups in total. The highest BCUT2D eigenvalue weighted by molar-refractivity contribution is 6.05. The van der Waals surface area contributed by atoms with Crippen LogP contribution in [0, 0.1) is 12.7 Å². The summed E-state index contributed by atoms with van der Waals surface area (Å²) < 4.78 is 23.4. The van der Waals surface area contributed by atoms with Gasteiger partial charge in [0.15, 0.2) is 5.82 Å². The maximum Gasteiger partial charge on any atom is 0.261 e. The summed E-state index contributed by atoms with van der Waals surface area (Å²) in [4.78, 5) is 29.4. The molecule has 2 aliphatic rings. The number of aliphatic hydroxyl groups excluding tert-OH is 1. The average Bonchev–Trinajstić information content (AvgIpc) is 3.35. The molecule has 0 unspecified atom stereocenters. The highest BCUT2D eigenvalue weighted by Gasteiger charge is 2.28. The first-order valence-corrected chi connectivity index (χ1v) is 14.7. The van der Waals surface area contributed by atoms with E-state index in [2.05, 4.69) is 50.0 Å². The molecule has 4 aromatic rings. The summed E-state index contributed by atoms with van der Waals surface area (Å²) in [5, 5.41) is 13.1. The van der Waals surface area contributed by atoms with Crippen LogP contribution >= 0.6 is 0 Å². The highest BCUT2D eigenvalue weighted by Crippen LogP contribution is 2.37. The van der Waals surface area contributed by atoms with E-state index in [1.54, 1.807) is 19.2 Å². The Morgan fingerprint density at radius 3 is 2.57 bits per heavy atom. The van der Waals surface area contributed by atoms with Gasteiger partial charge in [-0.05, 0) is 101 Å². The predicted octanol–water partition coefficient (Wildman–Crippen LogP) is 5.49. The van der Waals surface area contributed by atoms with Gasteiger partial charge >= 0.3 is 0 Å². The molecule has 6 rings (SSSR count). The monoisotopic (exact) mass is 572 g/mol. The first-order chi connectivity index (χ1) is 20.3. The van der Waals surface area contributed by atoms with Crippen molar-refractivity contribution in [2.24, 2.45) is 0 Å². The fraction of sp³-hybridized carbons (Fsp3) is 0.438. The van der Waals surface area contributed by atoms with E-state index >= 15 is 4.39 Å². The van der Waals surface area contributed by atoms with Gasteiger partial charge in [0, 0.05) is 24.1 Å². The van der Waals surface area contributed by atoms with Crippen molar-refractivity contribution in [2.45, 2.75) is 63.5 Å². The normalized spacial score (nSPS) is 20.1. The molecule has 1 aromatic carbocycles. The number of rotatable bonds is 6. The number of methoxy groups -OCH3 is 1. The molecule has 0 spiro atoms. The van der Waals surface area contributed by atoms with Crippen LogP contribution in [0.1, 0.15) is 72.1 Å². The van der Waals surface area contributed by atoms with Gasteiger partial charge in [0.1, 0.15) is 11.4 Å². The Labute approximate surface area is 244 Å². The quantitative estimate of drug-likeness (QED) is 0.315. The summed E-state index contributed by atoms with van der Waals surface area (Å²) in [5.41, 5.74) is 3.71. The summed E-state index contributed by atoms with van der Waals surface area (Å²) in [5.74, 6) is -0.0980. The van der Waals surface area contributed by atoms with Crippen LogP contribution in [0.2, 0.25) is 0 Å². The van der Waals surface area contributed by atoms with Gasteiger partial charge in [-0.15, -0.1) is 0 Å². The van der Waals surface area contributed by atoms with E-state index in [1.807, 2.05) is 0 Å². The van der Waals surface area contributed by atoms with Crippen LogP contribution in [-0.4, -0.2) is 68.8 Å². The van der Waals surface area contributed by atoms with Crippen molar-refractivity contribution in [3.8, 4) is 17.0 Å². The number of carbonyl (C=O) groups excluding carboxylic acids is 1. The molecule has 1 saturated heterocycles. The van der Waals surface area contributed by atoms with Crippen LogP contribution in [0.4, 0.5) is 10.3 Å². The molecular weight excluding hydrogens is 535 g/mol. The first-order valence-electron chi connectivity index (χ1n) is 14.7. The number of benzene rings is 1. The van der Waals surface area contributed by atoms with Crippen molar-refractivity contribution in [1.29, 1.82) is 0 Å². The third kappa shape index (κ3) is 5.48. The van der Waals surface area contributed by atoms with Gasteiger partial charge in [0.2, 0.25) is 5.95 Å². The third-order valence-corrected chi connectivity index (χ3v) is 8.75. The Balaban J connectivity index is 1.38. The Morgan fingerprint density at radius 1 is 1.07 bits per heavy atom. The largest absolute Gasteiger partial charge is 0.496 e. The number of halogens is 1. The Kier molecular flexibility index (Phi) is 7.92. The Hall–Kier alpha value is -3.89. The maximum absolute atomic E-state index is 15.9. The third-order valence-electron chi connectivity index (χ3n) is 8.75. The number of imidazole rings is 1. The first kappa shape index (κ1) is 28.2. The van der Waals surface area contributed by atoms with Crippen LogP contribution in [-0.2, 0) is 0 Å². The van der Waals surface area contributed by atoms with Crippen LogP contribution in [0.3, 0.4) is 0 Å². The number of nitrogens with zero attached hydrogens (tertiary/aromatic N) is 5. The van der Waals surface area contributed by atoms with E-state index in [9.17, 15) is 9.90 Å². The van der Waals surface area contributed by atoms with Crippen molar-refractivity contribution in [3.05, 3.63) is 65.4 Å². The number of aliphatic hydroxyl groups is 1. The molecule has 220 valence electrons. The van der Waals surface area contributed by atoms with E-state index in [0.717, 1.165) is 49.8 Å². The molecule has 0 atom stereocenters. The van der Waals surface area contributed by atoms with Gasteiger partial charge < -0.3 is 19.3 Å². The second-order valence-electron chi connectivity index (χ2n) is 11.6. The lowest BCUT2D eigenvalue weighted by Crippen LogP contribution is -2.29. The lowest BCUT2D eigenvalue weighted by Gasteiger charge is -2.29. The van der Waals surface area contributed by atoms with Gasteiger partial charge in [0.05, 0.1) is 35.4 Å². The molecule has 2 fully saturated rings. The van der Waals surface area contributed by atoms with Crippen LogP contribution < -0.4 is 10.1 Å². The van der Waals surface area contributed by atoms with E-state index in [-0.39, 0.29) is 23.4 Å². The van der Waals surface area contributed by atoms with Gasteiger partial charge in [-0.25, -0.2) is 14.4 Å². The standard InChI is InChI=1S/C32H37FN6O3/c1-19-16-24(29(33)30(35-19)25-18-34-13-10-28(25)42-3)31(41)37-32-36-26-17-21(20-11-14-38(2)15-12-20)4-9-27(26)39(32)22-5-7-23(40)8-6-22/h4,9-10,13,16-18,20,22-23,40H,5-8,11-12,14-15H2,1-3H3,(H,36,37,41)/t22-,23+. The Morgan fingerprint density at radius 2 is 1.83 bits per heavy atom. The fourth-order valence-electron chi connectivity index (χ4n) is 6.39. The number of aryl methyl sites for hydroxylation is 1. The summed E-state index contributed by atoms with van der Waals surface area (Å²) in [7, 11) is 3.65. The topological polar surface area (TPSA) is 105 Å². The van der Waals surface area contributed by atoms with Crippen molar-refractivity contribution < 1.29 is 19.0 Å². The van der Waals surface area contributed by atoms with Crippen molar-refractivity contribution >= 4 is 22.9 Å². The zero-order valence-electron chi connectivity index (χ0n) is 24.3. The van der Waals surface area contributed by atoms with E-state index in [1.165, 1.54) is 24.9 Å². The zero-order valence-corrected chi connectivity index (χ0v) is 24.3. The number of amides is 1. The number of carbonyl (C=O) groups is 1. The van der Waals surface area contributed by atoms with Gasteiger partial charge in [-0.1, -0.05) is 6.07 Å². The minimum absolute atomic E-state index is 0.00244. The predicted molar refractivity (Wildman–Crippen MR) is 159 cm³/mol. The van der Waals surface area contributed by atoms with E-state index in [4.69, 9.17) is 9.72 Å². The number of fused-ring (bicyclic) bond motifs is 1. The smallest absolute Gasteiger partial charge is 0.261 e. The van der Waals surface area contributed by atoms with Gasteiger partial charge in [-0.3, -0.25) is 15.1 Å². The van der Waals surface area contributed by atoms with Crippen molar-refractivity contribution in [3.63, 3.8) is 0 Å². The molecule has 42 heavy (non-hydrogen) atoms. The molecular formula is C32H37FN6O3. The average molecular weight is 573 g/mol. The maximum atomic E-state index is 15.9. The summed E-state index contributed by atoms with van der Waals surface area (Å²) in [6.07, 6.45) is 7.79. The molecule has 0 radical (unpaired) electrons. The number of ether oxygens (including phenoxy) is 1. The van der Waals surface area contributed by atoms with Gasteiger partial charge in [-0.2, -0.15) is 0 Å². The summed E-state index contributed by atoms with van der Waals surface area (Å²) in [6.45, 7) is 3.84. The minimum atomic E-state index is -0.752. The van der Waals surface area contributed by atoms with Crippen LogP contribution in [0.25, 0.3) is 22.3 Å². The number of hydrogen-bond acceptors (Lipinski definition) is 7. The number of likely N-dealkylation sites (tertiary alicyclic amines) is 1. The molecule has 1 amide bonds. The number of nitrogens with one attached hydrogen (secondary N) is 1. The number of piperidine rings is 1. The van der Waals surface area contributed by atoms with Crippen molar-refractivity contribution in [1.82, 2.24) is 24.4 Å². The summed E-state index contributed by atoms with van der Waals surface area (Å²) >= 11 is 0. The van der Waals surface area contributed by atoms with Crippen LogP contribution in [0.15, 0.2) is 42.7 Å². The number of aromatic nitrogens is 4. The number of hydrogen-bond donors (Lipinski definition) is 2. The van der Waals surface area contributed by atoms with Gasteiger partial charge in [0.25, 0.3) is 5.91 Å². The van der Waals surface area contributed by atoms with Crippen molar-refractivity contribution in [2.75, 3.05) is 32.6 Å². The molecule has 9 nitrogen and oxygen atoms in total. The summed E-state index contributed by atoms with van der Waals surface area (Å²) in [6, 6.07) is 9.54. The molecule has 1 aliphatic heterocycles. The SMILES string of the molecule is COc1ccncc1-c1nc(C)cc(C(=O)Nc2nc3cc(C4CCN(C)CC4)ccc3n2[C@H]2CC[C@@H](O)CC2)c1F. The molecule has 4 heterocycles. The van der Waals surface area contributed by atoms with E-state index in [0.29, 0.717) is 41.7 Å².